The lowest BCUT2D eigenvalue weighted by atomic mass is 10.1. The van der Waals surface area contributed by atoms with Crippen LogP contribution in [0.4, 0.5) is 13.2 Å². The summed E-state index contributed by atoms with van der Waals surface area (Å²) in [6.07, 6.45) is -0.130. The Morgan fingerprint density at radius 3 is 2.29 bits per heavy atom. The number of hydrogen-bond donors (Lipinski definition) is 2. The number of aromatic nitrogens is 3. The van der Waals surface area contributed by atoms with Crippen LogP contribution in [0.5, 0.6) is 0 Å². The van der Waals surface area contributed by atoms with Crippen LogP contribution in [0.3, 0.4) is 0 Å². The van der Waals surface area contributed by atoms with Gasteiger partial charge in [-0.15, -0.1) is 0 Å². The third-order valence-corrected chi connectivity index (χ3v) is 5.48. The number of fused-ring (bicyclic) bond motifs is 2. The quantitative estimate of drug-likeness (QED) is 0.389. The molecule has 0 amide bonds. The molecule has 35 heavy (non-hydrogen) atoms. The Balaban J connectivity index is 0.000000429. The third kappa shape index (κ3) is 5.89. The first-order valence-corrected chi connectivity index (χ1v) is 11.3. The van der Waals surface area contributed by atoms with Crippen molar-refractivity contribution in [3.63, 3.8) is 0 Å². The van der Waals surface area contributed by atoms with E-state index < -0.39 is 12.1 Å². The van der Waals surface area contributed by atoms with E-state index in [1.54, 1.807) is 0 Å². The third-order valence-electron chi connectivity index (χ3n) is 5.48. The lowest BCUT2D eigenvalue weighted by Gasteiger charge is -2.11. The Bertz CT molecular complexity index is 1380. The maximum Gasteiger partial charge on any atom is 0.490 e. The fraction of sp³-hybridized carbons (Fsp3) is 0.320. The molecule has 7 nitrogen and oxygen atoms in total. The summed E-state index contributed by atoms with van der Waals surface area (Å²) in [5.74, 6) is -2.76. The minimum atomic E-state index is -5.08. The van der Waals surface area contributed by atoms with Crippen molar-refractivity contribution in [3.05, 3.63) is 65.1 Å². The molecule has 0 aliphatic heterocycles. The van der Waals surface area contributed by atoms with E-state index in [0.29, 0.717) is 18.8 Å². The number of unbranched alkanes of at least 4 members (excludes halogenated alkanes) is 1. The smallest absolute Gasteiger partial charge is 0.475 e. The van der Waals surface area contributed by atoms with Crippen molar-refractivity contribution in [1.29, 1.82) is 0 Å². The molecule has 0 saturated carbocycles. The largest absolute Gasteiger partial charge is 0.490 e. The molecule has 2 aromatic heterocycles. The zero-order valence-corrected chi connectivity index (χ0v) is 19.3. The number of hydrogen-bond acceptors (Lipinski definition) is 4. The minimum Gasteiger partial charge on any atom is -0.475 e. The standard InChI is InChI=1S/C23H26N4O.C2HF3O2/c1-2-3-15-27-21-12-7-5-10-19(21)25-22(23(27)28)18-16-26(14-8-13-24)20-11-6-4-9-17(18)20;3-2(4,5)1(6)7/h4-7,9-12,16H,2-3,8,13-15,24H2,1H3;(H,6,7). The number of carboxylic acid groups (broad SMARTS) is 1. The maximum absolute atomic E-state index is 13.4. The van der Waals surface area contributed by atoms with Crippen molar-refractivity contribution in [1.82, 2.24) is 14.1 Å². The van der Waals surface area contributed by atoms with Gasteiger partial charge in [-0.3, -0.25) is 4.79 Å². The van der Waals surface area contributed by atoms with Crippen LogP contribution >= 0.6 is 0 Å². The van der Waals surface area contributed by atoms with Gasteiger partial charge in [0.15, 0.2) is 0 Å². The molecule has 0 aliphatic rings. The van der Waals surface area contributed by atoms with Crippen LogP contribution in [0.1, 0.15) is 26.2 Å². The number of para-hydroxylation sites is 3. The van der Waals surface area contributed by atoms with Crippen molar-refractivity contribution in [2.45, 2.75) is 45.5 Å². The highest BCUT2D eigenvalue weighted by Gasteiger charge is 2.38. The van der Waals surface area contributed by atoms with Crippen LogP contribution in [-0.2, 0) is 17.9 Å². The molecular weight excluding hydrogens is 461 g/mol. The second kappa shape index (κ2) is 11.2. The van der Waals surface area contributed by atoms with E-state index in [0.717, 1.165) is 53.3 Å². The first kappa shape index (κ1) is 26.0. The molecule has 4 rings (SSSR count). The summed E-state index contributed by atoms with van der Waals surface area (Å²) in [5, 5.41) is 8.18. The number of halogens is 3. The summed E-state index contributed by atoms with van der Waals surface area (Å²) >= 11 is 0. The SMILES string of the molecule is CCCCn1c(=O)c(-c2cn(CCCN)c3ccccc23)nc2ccccc21.O=C(O)C(F)(F)F. The van der Waals surface area contributed by atoms with Gasteiger partial charge < -0.3 is 20.0 Å². The van der Waals surface area contributed by atoms with Gasteiger partial charge in [0.05, 0.1) is 11.0 Å². The summed E-state index contributed by atoms with van der Waals surface area (Å²) in [5.41, 5.74) is 9.98. The fourth-order valence-electron chi connectivity index (χ4n) is 3.79. The van der Waals surface area contributed by atoms with Gasteiger partial charge in [0.2, 0.25) is 0 Å². The van der Waals surface area contributed by atoms with E-state index in [9.17, 15) is 18.0 Å². The van der Waals surface area contributed by atoms with E-state index in [4.69, 9.17) is 20.6 Å². The monoisotopic (exact) mass is 488 g/mol. The van der Waals surface area contributed by atoms with E-state index in [-0.39, 0.29) is 5.56 Å². The van der Waals surface area contributed by atoms with Crippen molar-refractivity contribution in [2.75, 3.05) is 6.54 Å². The molecule has 0 unspecified atom stereocenters. The topological polar surface area (TPSA) is 103 Å². The Labute approximate surface area is 199 Å². The van der Waals surface area contributed by atoms with Crippen molar-refractivity contribution in [2.24, 2.45) is 5.73 Å². The number of carboxylic acids is 1. The Morgan fingerprint density at radius 1 is 1.03 bits per heavy atom. The highest BCUT2D eigenvalue weighted by Crippen LogP contribution is 2.29. The Morgan fingerprint density at radius 2 is 1.66 bits per heavy atom. The molecule has 0 fully saturated rings. The van der Waals surface area contributed by atoms with Crippen molar-refractivity contribution >= 4 is 27.9 Å². The molecule has 2 heterocycles. The second-order valence-corrected chi connectivity index (χ2v) is 7.96. The van der Waals surface area contributed by atoms with Gasteiger partial charge in [0, 0.05) is 35.8 Å². The van der Waals surface area contributed by atoms with Crippen LogP contribution in [0, 0.1) is 0 Å². The first-order valence-electron chi connectivity index (χ1n) is 11.3. The first-order chi connectivity index (χ1) is 16.7. The second-order valence-electron chi connectivity index (χ2n) is 7.96. The number of aliphatic carboxylic acids is 1. The van der Waals surface area contributed by atoms with Crippen LogP contribution in [0.2, 0.25) is 0 Å². The molecule has 186 valence electrons. The number of rotatable bonds is 7. The highest BCUT2D eigenvalue weighted by atomic mass is 19.4. The molecule has 0 radical (unpaired) electrons. The Hall–Kier alpha value is -3.66. The van der Waals surface area contributed by atoms with Gasteiger partial charge in [-0.25, -0.2) is 9.78 Å². The number of alkyl halides is 3. The molecule has 2 aromatic carbocycles. The van der Waals surface area contributed by atoms with Gasteiger partial charge >= 0.3 is 12.1 Å². The van der Waals surface area contributed by atoms with Gasteiger partial charge in [-0.2, -0.15) is 13.2 Å². The molecular formula is C25H27F3N4O3. The molecule has 0 spiro atoms. The molecule has 0 aliphatic carbocycles. The van der Waals surface area contributed by atoms with Crippen molar-refractivity contribution < 1.29 is 23.1 Å². The molecule has 4 aromatic rings. The number of nitrogens with two attached hydrogens (primary N) is 1. The molecule has 10 heteroatoms. The van der Waals surface area contributed by atoms with E-state index >= 15 is 0 Å². The van der Waals surface area contributed by atoms with E-state index in [2.05, 4.69) is 29.8 Å². The van der Waals surface area contributed by atoms with Gasteiger partial charge in [-0.05, 0) is 37.6 Å². The predicted octanol–water partition coefficient (Wildman–Crippen LogP) is 4.80. The van der Waals surface area contributed by atoms with Crippen molar-refractivity contribution in [3.8, 4) is 11.3 Å². The highest BCUT2D eigenvalue weighted by molar-refractivity contribution is 5.96. The molecule has 0 saturated heterocycles. The van der Waals surface area contributed by atoms with Gasteiger partial charge in [0.1, 0.15) is 5.69 Å². The number of carbonyl (C=O) groups is 1. The summed E-state index contributed by atoms with van der Waals surface area (Å²) < 4.78 is 35.8. The maximum atomic E-state index is 13.4. The molecule has 0 atom stereocenters. The molecule has 3 N–H and O–H groups in total. The predicted molar refractivity (Wildman–Crippen MR) is 129 cm³/mol. The average molecular weight is 489 g/mol. The average Bonchev–Trinajstić information content (AvgIpc) is 3.20. The summed E-state index contributed by atoms with van der Waals surface area (Å²) in [6, 6.07) is 16.1. The zero-order chi connectivity index (χ0) is 25.6. The summed E-state index contributed by atoms with van der Waals surface area (Å²) in [7, 11) is 0. The minimum absolute atomic E-state index is 0.0196. The van der Waals surface area contributed by atoms with Crippen LogP contribution in [0.25, 0.3) is 33.2 Å². The normalized spacial score (nSPS) is 11.5. The van der Waals surface area contributed by atoms with Gasteiger partial charge in [0.25, 0.3) is 5.56 Å². The van der Waals surface area contributed by atoms with Crippen LogP contribution < -0.4 is 11.3 Å². The fourth-order valence-corrected chi connectivity index (χ4v) is 3.79. The summed E-state index contributed by atoms with van der Waals surface area (Å²) in [6.45, 7) is 4.31. The van der Waals surface area contributed by atoms with Crippen LogP contribution in [0.15, 0.2) is 59.5 Å². The zero-order valence-electron chi connectivity index (χ0n) is 19.3. The van der Waals surface area contributed by atoms with Crippen LogP contribution in [-0.4, -0.2) is 37.9 Å². The Kier molecular flexibility index (Phi) is 8.29. The van der Waals surface area contributed by atoms with E-state index in [1.807, 2.05) is 41.0 Å². The number of nitrogens with zero attached hydrogens (tertiary/aromatic N) is 3. The summed E-state index contributed by atoms with van der Waals surface area (Å²) in [4.78, 5) is 27.1. The van der Waals surface area contributed by atoms with E-state index in [1.165, 1.54) is 0 Å². The lowest BCUT2D eigenvalue weighted by molar-refractivity contribution is -0.192. The molecule has 0 bridgehead atoms. The number of benzene rings is 2. The lowest BCUT2D eigenvalue weighted by Crippen LogP contribution is -2.23. The van der Waals surface area contributed by atoms with Gasteiger partial charge in [-0.1, -0.05) is 43.7 Å². The number of aryl methyl sites for hydroxylation is 2.